The maximum atomic E-state index is 11.3. The molecule has 0 spiro atoms. The van der Waals surface area contributed by atoms with Crippen molar-refractivity contribution < 1.29 is 15.0 Å². The normalized spacial score (nSPS) is 16.5. The zero-order valence-electron chi connectivity index (χ0n) is 8.66. The van der Waals surface area contributed by atoms with Crippen LogP contribution in [0.4, 0.5) is 0 Å². The van der Waals surface area contributed by atoms with Gasteiger partial charge in [0.1, 0.15) is 0 Å². The quantitative estimate of drug-likeness (QED) is 0.580. The zero-order valence-corrected chi connectivity index (χ0v) is 8.66. The van der Waals surface area contributed by atoms with Crippen LogP contribution in [0.25, 0.3) is 0 Å². The lowest BCUT2D eigenvalue weighted by Crippen LogP contribution is -2.42. The van der Waals surface area contributed by atoms with Crippen LogP contribution in [0.15, 0.2) is 0 Å². The molecule has 1 amide bonds. The summed E-state index contributed by atoms with van der Waals surface area (Å²) in [5.74, 6) is -0.132. The van der Waals surface area contributed by atoms with Crippen molar-refractivity contribution >= 4 is 5.91 Å². The largest absolute Gasteiger partial charge is 0.391 e. The molecule has 0 aliphatic rings. The number of hydrogen-bond acceptors (Lipinski definition) is 3. The van der Waals surface area contributed by atoms with E-state index in [4.69, 9.17) is 5.11 Å². The molecule has 4 nitrogen and oxygen atoms in total. The second kappa shape index (κ2) is 4.58. The summed E-state index contributed by atoms with van der Waals surface area (Å²) in [6.07, 6.45) is -1.72. The van der Waals surface area contributed by atoms with E-state index >= 15 is 0 Å². The molecule has 4 heteroatoms. The van der Waals surface area contributed by atoms with Crippen LogP contribution in [0.1, 0.15) is 27.7 Å². The van der Waals surface area contributed by atoms with Crippen molar-refractivity contribution in [3.8, 4) is 0 Å². The van der Waals surface area contributed by atoms with E-state index in [2.05, 4.69) is 5.32 Å². The van der Waals surface area contributed by atoms with Crippen LogP contribution in [0.3, 0.4) is 0 Å². The Labute approximate surface area is 79.0 Å². The maximum absolute atomic E-state index is 11.3. The summed E-state index contributed by atoms with van der Waals surface area (Å²) < 4.78 is 0. The maximum Gasteiger partial charge on any atom is 0.225 e. The highest BCUT2D eigenvalue weighted by atomic mass is 16.3. The first kappa shape index (κ1) is 12.4. The summed E-state index contributed by atoms with van der Waals surface area (Å²) in [6.45, 7) is 6.94. The summed E-state index contributed by atoms with van der Waals surface area (Å²) in [5.41, 5.74) is -0.460. The highest BCUT2D eigenvalue weighted by Crippen LogP contribution is 2.12. The molecule has 2 atom stereocenters. The Hall–Kier alpha value is -0.610. The lowest BCUT2D eigenvalue weighted by atomic mass is 9.95. The van der Waals surface area contributed by atoms with Crippen LogP contribution in [0.5, 0.6) is 0 Å². The SMILES string of the molecule is CC(O)C(O)CNC(=O)C(C)(C)C. The van der Waals surface area contributed by atoms with Gasteiger partial charge < -0.3 is 15.5 Å². The Bertz CT molecular complexity index is 172. The van der Waals surface area contributed by atoms with Crippen LogP contribution in [-0.4, -0.2) is 34.9 Å². The van der Waals surface area contributed by atoms with Gasteiger partial charge in [0.25, 0.3) is 0 Å². The highest BCUT2D eigenvalue weighted by molar-refractivity contribution is 5.81. The number of nitrogens with one attached hydrogen (secondary N) is 1. The highest BCUT2D eigenvalue weighted by Gasteiger charge is 2.22. The van der Waals surface area contributed by atoms with Gasteiger partial charge in [0.05, 0.1) is 12.2 Å². The molecule has 0 aromatic heterocycles. The average Bonchev–Trinajstić information content (AvgIpc) is 1.97. The summed E-state index contributed by atoms with van der Waals surface area (Å²) in [4.78, 5) is 11.3. The van der Waals surface area contributed by atoms with Crippen LogP contribution in [0.2, 0.25) is 0 Å². The number of aliphatic hydroxyl groups excluding tert-OH is 2. The minimum Gasteiger partial charge on any atom is -0.391 e. The number of amides is 1. The number of rotatable bonds is 3. The average molecular weight is 189 g/mol. The third-order valence-corrected chi connectivity index (χ3v) is 1.71. The van der Waals surface area contributed by atoms with Crippen LogP contribution in [0, 0.1) is 5.41 Å². The Morgan fingerprint density at radius 3 is 2.15 bits per heavy atom. The van der Waals surface area contributed by atoms with Gasteiger partial charge in [-0.1, -0.05) is 20.8 Å². The van der Waals surface area contributed by atoms with E-state index in [1.807, 2.05) is 0 Å². The van der Waals surface area contributed by atoms with Gasteiger partial charge >= 0.3 is 0 Å². The van der Waals surface area contributed by atoms with E-state index in [0.29, 0.717) is 0 Å². The third-order valence-electron chi connectivity index (χ3n) is 1.71. The minimum atomic E-state index is -0.897. The monoisotopic (exact) mass is 189 g/mol. The van der Waals surface area contributed by atoms with Gasteiger partial charge in [0.15, 0.2) is 0 Å². The molecule has 13 heavy (non-hydrogen) atoms. The molecule has 0 rings (SSSR count). The third kappa shape index (κ3) is 4.85. The van der Waals surface area contributed by atoms with E-state index in [0.717, 1.165) is 0 Å². The first-order valence-corrected chi connectivity index (χ1v) is 4.39. The summed E-state index contributed by atoms with van der Waals surface area (Å²) in [5, 5.41) is 20.7. The smallest absolute Gasteiger partial charge is 0.225 e. The molecule has 0 aliphatic carbocycles. The molecule has 0 radical (unpaired) electrons. The first-order chi connectivity index (χ1) is 5.75. The van der Waals surface area contributed by atoms with E-state index in [-0.39, 0.29) is 12.5 Å². The van der Waals surface area contributed by atoms with Gasteiger partial charge in [0, 0.05) is 12.0 Å². The molecular formula is C9H19NO3. The molecule has 0 aliphatic heterocycles. The topological polar surface area (TPSA) is 69.6 Å². The second-order valence-electron chi connectivity index (χ2n) is 4.27. The van der Waals surface area contributed by atoms with E-state index < -0.39 is 17.6 Å². The molecule has 0 heterocycles. The number of hydrogen-bond donors (Lipinski definition) is 3. The van der Waals surface area contributed by atoms with Gasteiger partial charge in [-0.05, 0) is 6.92 Å². The van der Waals surface area contributed by atoms with Gasteiger partial charge in [-0.2, -0.15) is 0 Å². The van der Waals surface area contributed by atoms with Crippen LogP contribution in [-0.2, 0) is 4.79 Å². The van der Waals surface area contributed by atoms with Gasteiger partial charge in [0.2, 0.25) is 5.91 Å². The van der Waals surface area contributed by atoms with Crippen molar-refractivity contribution in [2.24, 2.45) is 5.41 Å². The molecule has 2 unspecified atom stereocenters. The Balaban J connectivity index is 3.84. The van der Waals surface area contributed by atoms with Crippen molar-refractivity contribution in [3.63, 3.8) is 0 Å². The molecule has 0 saturated carbocycles. The number of aliphatic hydroxyl groups is 2. The molecule has 3 N–H and O–H groups in total. The Kier molecular flexibility index (Phi) is 4.36. The molecule has 0 aromatic rings. The molecule has 0 saturated heterocycles. The lowest BCUT2D eigenvalue weighted by Gasteiger charge is -2.20. The minimum absolute atomic E-state index is 0.0910. The van der Waals surface area contributed by atoms with E-state index in [1.54, 1.807) is 20.8 Å². The Morgan fingerprint density at radius 1 is 1.38 bits per heavy atom. The van der Waals surface area contributed by atoms with Gasteiger partial charge in [-0.25, -0.2) is 0 Å². The summed E-state index contributed by atoms with van der Waals surface area (Å²) >= 11 is 0. The van der Waals surface area contributed by atoms with Crippen molar-refractivity contribution in [2.45, 2.75) is 39.9 Å². The standard InChI is InChI=1S/C9H19NO3/c1-6(11)7(12)5-10-8(13)9(2,3)4/h6-7,11-12H,5H2,1-4H3,(H,10,13). The fraction of sp³-hybridized carbons (Fsp3) is 0.889. The van der Waals surface area contributed by atoms with Gasteiger partial charge in [-0.3, -0.25) is 4.79 Å². The summed E-state index contributed by atoms with van der Waals surface area (Å²) in [6, 6.07) is 0. The van der Waals surface area contributed by atoms with E-state index in [9.17, 15) is 9.90 Å². The van der Waals surface area contributed by atoms with Crippen molar-refractivity contribution in [3.05, 3.63) is 0 Å². The Morgan fingerprint density at radius 2 is 1.85 bits per heavy atom. The second-order valence-corrected chi connectivity index (χ2v) is 4.27. The number of carbonyl (C=O) groups is 1. The number of carbonyl (C=O) groups excluding carboxylic acids is 1. The fourth-order valence-electron chi connectivity index (χ4n) is 0.633. The fourth-order valence-corrected chi connectivity index (χ4v) is 0.633. The first-order valence-electron chi connectivity index (χ1n) is 4.39. The summed E-state index contributed by atoms with van der Waals surface area (Å²) in [7, 11) is 0. The van der Waals surface area contributed by atoms with Crippen LogP contribution < -0.4 is 5.32 Å². The zero-order chi connectivity index (χ0) is 10.6. The van der Waals surface area contributed by atoms with Crippen molar-refractivity contribution in [1.29, 1.82) is 0 Å². The molecule has 0 fully saturated rings. The molecule has 0 aromatic carbocycles. The van der Waals surface area contributed by atoms with Gasteiger partial charge in [-0.15, -0.1) is 0 Å². The molecule has 78 valence electrons. The van der Waals surface area contributed by atoms with E-state index in [1.165, 1.54) is 6.92 Å². The van der Waals surface area contributed by atoms with Crippen LogP contribution >= 0.6 is 0 Å². The van der Waals surface area contributed by atoms with Crippen molar-refractivity contribution in [2.75, 3.05) is 6.54 Å². The predicted octanol–water partition coefficient (Wildman–Crippen LogP) is -0.110. The molecule has 0 bridgehead atoms. The predicted molar refractivity (Wildman–Crippen MR) is 50.2 cm³/mol. The van der Waals surface area contributed by atoms with Crippen molar-refractivity contribution in [1.82, 2.24) is 5.32 Å². The molecular weight excluding hydrogens is 170 g/mol. The lowest BCUT2D eigenvalue weighted by molar-refractivity contribution is -0.129.